The largest absolute Gasteiger partial charge is 0.493 e. The number of imide groups is 1. The molecule has 1 fully saturated rings. The van der Waals surface area contributed by atoms with E-state index in [4.69, 9.17) is 44.3 Å². The highest BCUT2D eigenvalue weighted by molar-refractivity contribution is 8.19. The van der Waals surface area contributed by atoms with Gasteiger partial charge in [0.05, 0.1) is 22.7 Å². The van der Waals surface area contributed by atoms with Crippen LogP contribution in [0, 0.1) is 0 Å². The zero-order chi connectivity index (χ0) is 23.5. The van der Waals surface area contributed by atoms with Crippen LogP contribution in [0.3, 0.4) is 0 Å². The highest BCUT2D eigenvalue weighted by atomic mass is 35.5. The van der Waals surface area contributed by atoms with E-state index < -0.39 is 11.1 Å². The number of rotatable bonds is 6. The summed E-state index contributed by atoms with van der Waals surface area (Å²) < 4.78 is 11.3. The molecule has 0 bridgehead atoms. The first kappa shape index (κ1) is 23.5. The van der Waals surface area contributed by atoms with Crippen molar-refractivity contribution in [1.29, 1.82) is 0 Å². The fraction of sp³-hybridized carbons (Fsp3) is 0.0833. The molecule has 3 aromatic carbocycles. The number of anilines is 1. The van der Waals surface area contributed by atoms with E-state index in [0.29, 0.717) is 37.8 Å². The van der Waals surface area contributed by atoms with Gasteiger partial charge in [0.25, 0.3) is 11.1 Å². The van der Waals surface area contributed by atoms with Crippen molar-refractivity contribution in [3.8, 4) is 11.5 Å². The van der Waals surface area contributed by atoms with Gasteiger partial charge >= 0.3 is 0 Å². The summed E-state index contributed by atoms with van der Waals surface area (Å²) in [6, 6.07) is 17.1. The van der Waals surface area contributed by atoms with Crippen LogP contribution >= 0.6 is 46.6 Å². The minimum Gasteiger partial charge on any atom is -0.493 e. The first-order chi connectivity index (χ1) is 15.9. The third kappa shape index (κ3) is 5.14. The lowest BCUT2D eigenvalue weighted by molar-refractivity contribution is -0.113. The molecule has 0 radical (unpaired) electrons. The van der Waals surface area contributed by atoms with Gasteiger partial charge in [0.2, 0.25) is 0 Å². The predicted octanol–water partition coefficient (Wildman–Crippen LogP) is 7.48. The predicted molar refractivity (Wildman–Crippen MR) is 134 cm³/mol. The molecule has 0 saturated carbocycles. The average Bonchev–Trinajstić information content (AvgIpc) is 3.06. The second kappa shape index (κ2) is 10.1. The number of hydrogen-bond acceptors (Lipinski definition) is 5. The number of nitrogens with zero attached hydrogens (tertiary/aromatic N) is 1. The molecule has 33 heavy (non-hydrogen) atoms. The van der Waals surface area contributed by atoms with Crippen LogP contribution in [0.15, 0.2) is 65.6 Å². The molecule has 1 saturated heterocycles. The molecule has 0 atom stereocenters. The molecule has 0 aliphatic carbocycles. The zero-order valence-corrected chi connectivity index (χ0v) is 20.3. The van der Waals surface area contributed by atoms with Crippen molar-refractivity contribution in [2.75, 3.05) is 12.0 Å². The van der Waals surface area contributed by atoms with E-state index in [9.17, 15) is 9.59 Å². The van der Waals surface area contributed by atoms with E-state index in [-0.39, 0.29) is 11.5 Å². The van der Waals surface area contributed by atoms with Crippen LogP contribution in [0.2, 0.25) is 15.1 Å². The van der Waals surface area contributed by atoms with E-state index >= 15 is 0 Å². The standard InChI is InChI=1S/C24H16Cl3NO4S/c1-31-21-10-14(6-9-20(21)32-13-15-7-8-16(25)12-18(15)27)11-22-23(29)28(24(30)33-22)19-5-3-2-4-17(19)26/h2-12H,13H2,1H3/b22-11-. The lowest BCUT2D eigenvalue weighted by Crippen LogP contribution is -2.27. The molecular formula is C24H16Cl3NO4S. The van der Waals surface area contributed by atoms with Gasteiger partial charge < -0.3 is 9.47 Å². The van der Waals surface area contributed by atoms with Crippen LogP contribution in [-0.2, 0) is 11.4 Å². The number of benzene rings is 3. The summed E-state index contributed by atoms with van der Waals surface area (Å²) in [6.07, 6.45) is 1.63. The number of hydrogen-bond donors (Lipinski definition) is 0. The molecule has 0 spiro atoms. The zero-order valence-electron chi connectivity index (χ0n) is 17.2. The van der Waals surface area contributed by atoms with Gasteiger partial charge in [0.15, 0.2) is 11.5 Å². The van der Waals surface area contributed by atoms with Gasteiger partial charge in [-0.25, -0.2) is 4.90 Å². The minimum absolute atomic E-state index is 0.225. The topological polar surface area (TPSA) is 55.8 Å². The van der Waals surface area contributed by atoms with Gasteiger partial charge in [-0.05, 0) is 59.8 Å². The molecule has 5 nitrogen and oxygen atoms in total. The Hall–Kier alpha value is -2.64. The van der Waals surface area contributed by atoms with Crippen molar-refractivity contribution in [3.63, 3.8) is 0 Å². The molecule has 9 heteroatoms. The molecule has 3 aromatic rings. The van der Waals surface area contributed by atoms with Gasteiger partial charge in [-0.15, -0.1) is 0 Å². The van der Waals surface area contributed by atoms with Crippen molar-refractivity contribution >= 4 is 69.5 Å². The molecule has 0 N–H and O–H groups in total. The molecule has 1 aliphatic heterocycles. The molecule has 1 aliphatic rings. The summed E-state index contributed by atoms with van der Waals surface area (Å²) in [6.45, 7) is 0.225. The van der Waals surface area contributed by atoms with Crippen LogP contribution in [0.4, 0.5) is 10.5 Å². The highest BCUT2D eigenvalue weighted by Crippen LogP contribution is 2.39. The SMILES string of the molecule is COc1cc(/C=C2\SC(=O)N(c3ccccc3Cl)C2=O)ccc1OCc1ccc(Cl)cc1Cl. The Morgan fingerprint density at radius 2 is 1.73 bits per heavy atom. The number of para-hydroxylation sites is 1. The summed E-state index contributed by atoms with van der Waals surface area (Å²) in [5, 5.41) is 0.966. The number of ether oxygens (including phenoxy) is 2. The van der Waals surface area contributed by atoms with Gasteiger partial charge in [-0.2, -0.15) is 0 Å². The normalized spacial score (nSPS) is 14.8. The van der Waals surface area contributed by atoms with Crippen molar-refractivity contribution in [3.05, 3.63) is 91.8 Å². The monoisotopic (exact) mass is 519 g/mol. The van der Waals surface area contributed by atoms with Crippen LogP contribution < -0.4 is 14.4 Å². The van der Waals surface area contributed by atoms with Crippen molar-refractivity contribution < 1.29 is 19.1 Å². The Morgan fingerprint density at radius 3 is 2.45 bits per heavy atom. The number of amides is 2. The number of methoxy groups -OCH3 is 1. The summed E-state index contributed by atoms with van der Waals surface area (Å²) >= 11 is 19.2. The van der Waals surface area contributed by atoms with Gasteiger partial charge in [-0.1, -0.05) is 59.1 Å². The third-order valence-corrected chi connectivity index (χ3v) is 6.55. The average molecular weight is 521 g/mol. The second-order valence-electron chi connectivity index (χ2n) is 6.90. The van der Waals surface area contributed by atoms with E-state index in [1.165, 1.54) is 7.11 Å². The number of thioether (sulfide) groups is 1. The van der Waals surface area contributed by atoms with Gasteiger partial charge in [-0.3, -0.25) is 9.59 Å². The Morgan fingerprint density at radius 1 is 0.939 bits per heavy atom. The molecule has 168 valence electrons. The van der Waals surface area contributed by atoms with Crippen LogP contribution in [-0.4, -0.2) is 18.3 Å². The Kier molecular flexibility index (Phi) is 7.20. The summed E-state index contributed by atoms with van der Waals surface area (Å²) in [5.74, 6) is 0.541. The van der Waals surface area contributed by atoms with Crippen LogP contribution in [0.25, 0.3) is 6.08 Å². The number of carbonyl (C=O) groups is 2. The second-order valence-corrected chi connectivity index (χ2v) is 9.15. The van der Waals surface area contributed by atoms with Gasteiger partial charge in [0, 0.05) is 15.6 Å². The molecule has 0 unspecified atom stereocenters. The Bertz CT molecular complexity index is 1280. The van der Waals surface area contributed by atoms with E-state index in [1.807, 2.05) is 0 Å². The molecular weight excluding hydrogens is 505 g/mol. The van der Waals surface area contributed by atoms with Crippen LogP contribution in [0.5, 0.6) is 11.5 Å². The first-order valence-electron chi connectivity index (χ1n) is 9.64. The lowest BCUT2D eigenvalue weighted by atomic mass is 10.1. The Labute approximate surface area is 209 Å². The summed E-state index contributed by atoms with van der Waals surface area (Å²) in [5.41, 5.74) is 1.81. The van der Waals surface area contributed by atoms with Crippen molar-refractivity contribution in [1.82, 2.24) is 0 Å². The molecule has 0 aromatic heterocycles. The van der Waals surface area contributed by atoms with Crippen LogP contribution in [0.1, 0.15) is 11.1 Å². The van der Waals surface area contributed by atoms with Crippen molar-refractivity contribution in [2.45, 2.75) is 6.61 Å². The molecule has 1 heterocycles. The third-order valence-electron chi connectivity index (χ3n) is 4.77. The summed E-state index contributed by atoms with van der Waals surface area (Å²) in [7, 11) is 1.52. The van der Waals surface area contributed by atoms with Crippen molar-refractivity contribution in [2.24, 2.45) is 0 Å². The maximum absolute atomic E-state index is 12.9. The highest BCUT2D eigenvalue weighted by Gasteiger charge is 2.37. The number of halogens is 3. The van der Waals surface area contributed by atoms with Gasteiger partial charge in [0.1, 0.15) is 6.61 Å². The molecule has 4 rings (SSSR count). The smallest absolute Gasteiger partial charge is 0.298 e. The lowest BCUT2D eigenvalue weighted by Gasteiger charge is -2.14. The van der Waals surface area contributed by atoms with E-state index in [2.05, 4.69) is 0 Å². The summed E-state index contributed by atoms with van der Waals surface area (Å²) in [4.78, 5) is 26.7. The van der Waals surface area contributed by atoms with E-state index in [0.717, 1.165) is 22.2 Å². The number of carbonyl (C=O) groups excluding carboxylic acids is 2. The fourth-order valence-electron chi connectivity index (χ4n) is 3.15. The maximum atomic E-state index is 12.9. The first-order valence-corrected chi connectivity index (χ1v) is 11.6. The quantitative estimate of drug-likeness (QED) is 0.315. The minimum atomic E-state index is -0.435. The molecule has 2 amide bonds. The Balaban J connectivity index is 1.54. The maximum Gasteiger partial charge on any atom is 0.298 e. The van der Waals surface area contributed by atoms with E-state index in [1.54, 1.807) is 66.7 Å². The fourth-order valence-corrected chi connectivity index (χ4v) is 4.66.